The first-order valence-corrected chi connectivity index (χ1v) is 6.01. The molecular formula is C11H10N2O3S. The van der Waals surface area contributed by atoms with Crippen molar-refractivity contribution in [2.24, 2.45) is 7.05 Å². The van der Waals surface area contributed by atoms with Gasteiger partial charge < -0.3 is 4.57 Å². The van der Waals surface area contributed by atoms with Crippen molar-refractivity contribution in [2.75, 3.05) is 0 Å². The van der Waals surface area contributed by atoms with Gasteiger partial charge in [-0.05, 0) is 18.2 Å². The number of hydrogen-bond acceptors (Lipinski definition) is 3. The molecule has 1 aromatic heterocycles. The molecule has 1 aromatic carbocycles. The van der Waals surface area contributed by atoms with Crippen molar-refractivity contribution in [3.05, 3.63) is 52.8 Å². The van der Waals surface area contributed by atoms with E-state index in [9.17, 15) is 14.3 Å². The van der Waals surface area contributed by atoms with Crippen molar-refractivity contribution < 1.29 is 9.13 Å². The second-order valence-corrected chi connectivity index (χ2v) is 5.01. The molecule has 88 valence electrons. The molecule has 0 saturated carbocycles. The minimum atomic E-state index is -1.29. The fraction of sp³-hybridized carbons (Fsp3) is 0.0909. The van der Waals surface area contributed by atoms with Crippen LogP contribution in [-0.2, 0) is 17.8 Å². The van der Waals surface area contributed by atoms with E-state index >= 15 is 0 Å². The number of nitrogens with zero attached hydrogens (tertiary/aromatic N) is 2. The van der Waals surface area contributed by atoms with E-state index in [0.29, 0.717) is 9.79 Å². The zero-order chi connectivity index (χ0) is 12.4. The molecule has 17 heavy (non-hydrogen) atoms. The first kappa shape index (κ1) is 11.5. The lowest BCUT2D eigenvalue weighted by Gasteiger charge is -1.99. The van der Waals surface area contributed by atoms with Gasteiger partial charge in [0.25, 0.3) is 5.69 Å². The van der Waals surface area contributed by atoms with Crippen molar-refractivity contribution in [1.82, 2.24) is 4.57 Å². The smallest absolute Gasteiger partial charge is 0.269 e. The number of benzene rings is 1. The molecule has 1 unspecified atom stereocenters. The molecule has 0 fully saturated rings. The predicted molar refractivity (Wildman–Crippen MR) is 63.2 cm³/mol. The van der Waals surface area contributed by atoms with Crippen molar-refractivity contribution in [2.45, 2.75) is 9.79 Å². The molecule has 0 spiro atoms. The molecule has 2 rings (SSSR count). The second-order valence-electron chi connectivity index (χ2n) is 3.53. The standard InChI is InChI=1S/C11H10N2O3S/c1-12-7-6-11(8-12)17(16)10-4-2-9(3-5-10)13(14)15/h2-8H,1H3. The maximum absolute atomic E-state index is 12.1. The summed E-state index contributed by atoms with van der Waals surface area (Å²) in [6.07, 6.45) is 3.57. The van der Waals surface area contributed by atoms with E-state index < -0.39 is 15.7 Å². The Morgan fingerprint density at radius 3 is 2.29 bits per heavy atom. The topological polar surface area (TPSA) is 65.1 Å². The van der Waals surface area contributed by atoms with Crippen molar-refractivity contribution in [1.29, 1.82) is 0 Å². The SMILES string of the molecule is Cn1ccc(S(=O)c2ccc([N+](=O)[O-])cc2)c1. The molecule has 0 amide bonds. The quantitative estimate of drug-likeness (QED) is 0.619. The van der Waals surface area contributed by atoms with Gasteiger partial charge in [0, 0.05) is 36.5 Å². The summed E-state index contributed by atoms with van der Waals surface area (Å²) >= 11 is 0. The molecule has 6 heteroatoms. The molecule has 5 nitrogen and oxygen atoms in total. The van der Waals surface area contributed by atoms with E-state index in [2.05, 4.69) is 0 Å². The molecule has 1 heterocycles. The summed E-state index contributed by atoms with van der Waals surface area (Å²) < 4.78 is 13.9. The van der Waals surface area contributed by atoms with Gasteiger partial charge in [-0.25, -0.2) is 4.21 Å². The molecule has 0 N–H and O–H groups in total. The molecule has 1 atom stereocenters. The Morgan fingerprint density at radius 2 is 1.82 bits per heavy atom. The van der Waals surface area contributed by atoms with Gasteiger partial charge in [-0.1, -0.05) is 0 Å². The average molecular weight is 250 g/mol. The van der Waals surface area contributed by atoms with Gasteiger partial charge in [0.05, 0.1) is 20.6 Å². The monoisotopic (exact) mass is 250 g/mol. The highest BCUT2D eigenvalue weighted by Gasteiger charge is 2.10. The lowest BCUT2D eigenvalue weighted by atomic mass is 10.3. The van der Waals surface area contributed by atoms with E-state index in [1.165, 1.54) is 24.3 Å². The molecule has 0 aliphatic heterocycles. The van der Waals surface area contributed by atoms with Crippen LogP contribution in [0.2, 0.25) is 0 Å². The minimum Gasteiger partial charge on any atom is -0.356 e. The number of non-ortho nitro benzene ring substituents is 1. The Morgan fingerprint density at radius 1 is 1.18 bits per heavy atom. The normalized spacial score (nSPS) is 12.3. The van der Waals surface area contributed by atoms with Crippen LogP contribution in [0.5, 0.6) is 0 Å². The van der Waals surface area contributed by atoms with Crippen molar-refractivity contribution in [3.8, 4) is 0 Å². The maximum Gasteiger partial charge on any atom is 0.269 e. The molecule has 0 radical (unpaired) electrons. The van der Waals surface area contributed by atoms with Crippen LogP contribution in [0.3, 0.4) is 0 Å². The van der Waals surface area contributed by atoms with Crippen molar-refractivity contribution >= 4 is 16.5 Å². The Kier molecular flexibility index (Phi) is 3.06. The highest BCUT2D eigenvalue weighted by Crippen LogP contribution is 2.19. The minimum absolute atomic E-state index is 0.00110. The van der Waals surface area contributed by atoms with E-state index in [-0.39, 0.29) is 5.69 Å². The highest BCUT2D eigenvalue weighted by atomic mass is 32.2. The Bertz CT molecular complexity index is 575. The van der Waals surface area contributed by atoms with Crippen LogP contribution in [-0.4, -0.2) is 13.7 Å². The van der Waals surface area contributed by atoms with Crippen LogP contribution in [0.1, 0.15) is 0 Å². The number of aryl methyl sites for hydroxylation is 1. The zero-order valence-electron chi connectivity index (χ0n) is 9.07. The van der Waals surface area contributed by atoms with Gasteiger partial charge in [-0.2, -0.15) is 0 Å². The second kappa shape index (κ2) is 4.50. The summed E-state index contributed by atoms with van der Waals surface area (Å²) in [5, 5.41) is 10.5. The number of nitro benzene ring substituents is 1. The van der Waals surface area contributed by atoms with Crippen LogP contribution < -0.4 is 0 Å². The third-order valence-electron chi connectivity index (χ3n) is 2.28. The summed E-state index contributed by atoms with van der Waals surface area (Å²) in [6, 6.07) is 7.51. The average Bonchev–Trinajstić information content (AvgIpc) is 2.75. The van der Waals surface area contributed by atoms with Crippen LogP contribution in [0.4, 0.5) is 5.69 Å². The van der Waals surface area contributed by atoms with Crippen LogP contribution in [0, 0.1) is 10.1 Å². The Balaban J connectivity index is 2.29. The van der Waals surface area contributed by atoms with Gasteiger partial charge >= 0.3 is 0 Å². The summed E-state index contributed by atoms with van der Waals surface area (Å²) in [5.41, 5.74) is -0.00110. The molecule has 0 aliphatic rings. The maximum atomic E-state index is 12.1. The van der Waals surface area contributed by atoms with Gasteiger partial charge in [-0.15, -0.1) is 0 Å². The van der Waals surface area contributed by atoms with E-state index in [0.717, 1.165) is 0 Å². The predicted octanol–water partition coefficient (Wildman–Crippen LogP) is 2.10. The summed E-state index contributed by atoms with van der Waals surface area (Å²) in [5.74, 6) is 0. The van der Waals surface area contributed by atoms with Crippen LogP contribution in [0.15, 0.2) is 52.5 Å². The number of hydrogen-bond donors (Lipinski definition) is 0. The summed E-state index contributed by atoms with van der Waals surface area (Å²) in [4.78, 5) is 11.2. The number of nitro groups is 1. The lowest BCUT2D eigenvalue weighted by Crippen LogP contribution is -1.93. The third kappa shape index (κ3) is 2.42. The first-order chi connectivity index (χ1) is 8.08. The largest absolute Gasteiger partial charge is 0.356 e. The third-order valence-corrected chi connectivity index (χ3v) is 3.65. The van der Waals surface area contributed by atoms with Gasteiger partial charge in [0.15, 0.2) is 0 Å². The number of aromatic nitrogens is 1. The van der Waals surface area contributed by atoms with Gasteiger partial charge in [0.1, 0.15) is 0 Å². The fourth-order valence-electron chi connectivity index (χ4n) is 1.42. The van der Waals surface area contributed by atoms with E-state index in [1.807, 2.05) is 7.05 Å². The molecule has 0 bridgehead atoms. The molecule has 2 aromatic rings. The fourth-order valence-corrected chi connectivity index (χ4v) is 2.52. The number of rotatable bonds is 3. The van der Waals surface area contributed by atoms with Gasteiger partial charge in [0.2, 0.25) is 0 Å². The first-order valence-electron chi connectivity index (χ1n) is 4.86. The van der Waals surface area contributed by atoms with Crippen molar-refractivity contribution in [3.63, 3.8) is 0 Å². The molecular weight excluding hydrogens is 240 g/mol. The lowest BCUT2D eigenvalue weighted by molar-refractivity contribution is -0.384. The summed E-state index contributed by atoms with van der Waals surface area (Å²) in [7, 11) is 0.553. The molecule has 0 saturated heterocycles. The van der Waals surface area contributed by atoms with Crippen LogP contribution >= 0.6 is 0 Å². The van der Waals surface area contributed by atoms with E-state index in [1.54, 1.807) is 23.0 Å². The summed E-state index contributed by atoms with van der Waals surface area (Å²) in [6.45, 7) is 0. The van der Waals surface area contributed by atoms with Gasteiger partial charge in [-0.3, -0.25) is 10.1 Å². The highest BCUT2D eigenvalue weighted by molar-refractivity contribution is 7.85. The van der Waals surface area contributed by atoms with Crippen LogP contribution in [0.25, 0.3) is 0 Å². The zero-order valence-corrected chi connectivity index (χ0v) is 9.89. The van der Waals surface area contributed by atoms with E-state index in [4.69, 9.17) is 0 Å². The Labute approximate surface area is 100 Å². The molecule has 0 aliphatic carbocycles. The Hall–Kier alpha value is -1.95.